The fourth-order valence-corrected chi connectivity index (χ4v) is 10.4. The number of nitrogens with zero attached hydrogens (tertiary/aromatic N) is 3. The van der Waals surface area contributed by atoms with Crippen molar-refractivity contribution in [2.24, 2.45) is 11.3 Å². The molecule has 0 saturated carbocycles. The predicted octanol–water partition coefficient (Wildman–Crippen LogP) is 6.08. The Hall–Kier alpha value is -5.77. The average Bonchev–Trinajstić information content (AvgIpc) is 3.81. The van der Waals surface area contributed by atoms with E-state index >= 15 is 0 Å². The Kier molecular flexibility index (Phi) is 13.9. The summed E-state index contributed by atoms with van der Waals surface area (Å²) in [7, 11) is -2.35. The molecule has 1 saturated heterocycles. The van der Waals surface area contributed by atoms with E-state index in [1.807, 2.05) is 97.1 Å². The third-order valence-electron chi connectivity index (χ3n) is 11.0. The molecular weight excluding hydrogens is 803 g/mol. The van der Waals surface area contributed by atoms with Gasteiger partial charge >= 0.3 is 5.97 Å². The monoisotopic (exact) mass is 857 g/mol. The van der Waals surface area contributed by atoms with Crippen molar-refractivity contribution >= 4 is 48.4 Å². The number of H-pyrrole nitrogens is 1. The number of hydrogen-bond acceptors (Lipinski definition) is 10. The van der Waals surface area contributed by atoms with E-state index in [2.05, 4.69) is 65.3 Å². The highest BCUT2D eigenvalue weighted by atomic mass is 28.3. The molecule has 1 amide bonds. The normalized spacial score (nSPS) is 19.5. The number of benzene rings is 4. The number of carbonyl (C=O) groups excluding carboxylic acids is 2. The van der Waals surface area contributed by atoms with E-state index in [0.717, 1.165) is 21.5 Å². The maximum atomic E-state index is 13.5. The van der Waals surface area contributed by atoms with Crippen LogP contribution in [0.25, 0.3) is 11.2 Å². The van der Waals surface area contributed by atoms with Crippen molar-refractivity contribution in [3.8, 4) is 0 Å². The summed E-state index contributed by atoms with van der Waals surface area (Å²) >= 11 is 0. The zero-order chi connectivity index (χ0) is 43.9. The number of aromatic nitrogens is 4. The van der Waals surface area contributed by atoms with Crippen LogP contribution in [0.3, 0.4) is 0 Å². The van der Waals surface area contributed by atoms with Gasteiger partial charge in [0.1, 0.15) is 11.7 Å². The summed E-state index contributed by atoms with van der Waals surface area (Å²) in [6.07, 6.45) is -1.95. The second-order valence-corrected chi connectivity index (χ2v) is 19.5. The molecule has 0 radical (unpaired) electrons. The molecule has 2 aromatic heterocycles. The Bertz CT molecular complexity index is 2420. The molecule has 324 valence electrons. The van der Waals surface area contributed by atoms with Crippen molar-refractivity contribution in [1.82, 2.24) is 19.5 Å². The van der Waals surface area contributed by atoms with Gasteiger partial charge in [-0.2, -0.15) is 4.98 Å². The third-order valence-corrected chi connectivity index (χ3v) is 13.5. The van der Waals surface area contributed by atoms with Crippen molar-refractivity contribution in [3.63, 3.8) is 0 Å². The Morgan fingerprint density at radius 3 is 1.98 bits per heavy atom. The Balaban J connectivity index is 1.38. The molecule has 5 atom stereocenters. The SMILES string of the molecule is CC(=O)O[C@H]1[C@H](n2cnc3c(=O)[nH]c(NC(=O)C(C)C)nc32)O[C@@](COCc2ccccc2)(CC(O[SiH](c2ccccc2)c2ccccc2)C(C)(C)C)[C@H]1OCc1ccccc1. The summed E-state index contributed by atoms with van der Waals surface area (Å²) < 4.78 is 36.3. The van der Waals surface area contributed by atoms with Gasteiger partial charge in [-0.15, -0.1) is 0 Å². The number of imidazole rings is 1. The molecule has 7 rings (SSSR count). The van der Waals surface area contributed by atoms with Crippen molar-refractivity contribution in [2.45, 2.75) is 91.3 Å². The van der Waals surface area contributed by atoms with Gasteiger partial charge in [-0.1, -0.05) is 156 Å². The van der Waals surface area contributed by atoms with Crippen LogP contribution in [0.5, 0.6) is 0 Å². The number of rotatable bonds is 17. The molecule has 4 aromatic carbocycles. The zero-order valence-corrected chi connectivity index (χ0v) is 37.2. The van der Waals surface area contributed by atoms with Gasteiger partial charge in [0.05, 0.1) is 32.3 Å². The summed E-state index contributed by atoms with van der Waals surface area (Å²) in [6.45, 7) is 11.6. The lowest BCUT2D eigenvalue weighted by molar-refractivity contribution is -0.175. The van der Waals surface area contributed by atoms with Crippen LogP contribution < -0.4 is 21.2 Å². The van der Waals surface area contributed by atoms with Crippen molar-refractivity contribution < 1.29 is 33.0 Å². The Morgan fingerprint density at radius 1 is 0.871 bits per heavy atom. The molecule has 13 nitrogen and oxygen atoms in total. The van der Waals surface area contributed by atoms with E-state index in [1.165, 1.54) is 13.3 Å². The van der Waals surface area contributed by atoms with E-state index in [1.54, 1.807) is 18.4 Å². The number of nitrogens with one attached hydrogen (secondary N) is 2. The highest BCUT2D eigenvalue weighted by Gasteiger charge is 2.60. The van der Waals surface area contributed by atoms with Crippen LogP contribution in [-0.4, -0.2) is 71.0 Å². The van der Waals surface area contributed by atoms with E-state index < -0.39 is 56.1 Å². The van der Waals surface area contributed by atoms with Crippen LogP contribution in [0.2, 0.25) is 0 Å². The minimum absolute atomic E-state index is 0.00475. The molecule has 1 unspecified atom stereocenters. The van der Waals surface area contributed by atoms with Crippen LogP contribution in [0.4, 0.5) is 5.95 Å². The smallest absolute Gasteiger partial charge is 0.303 e. The van der Waals surface area contributed by atoms with E-state index in [0.29, 0.717) is 0 Å². The number of carbonyl (C=O) groups is 2. The number of anilines is 1. The first-order valence-corrected chi connectivity index (χ1v) is 22.6. The Morgan fingerprint density at radius 2 is 1.44 bits per heavy atom. The minimum Gasteiger partial charge on any atom is -0.455 e. The van der Waals surface area contributed by atoms with Gasteiger partial charge in [0.15, 0.2) is 23.5 Å². The maximum absolute atomic E-state index is 13.5. The molecule has 1 aliphatic rings. The summed E-state index contributed by atoms with van der Waals surface area (Å²) in [6, 6.07) is 40.2. The quantitative estimate of drug-likeness (QED) is 0.0816. The number of ether oxygens (including phenoxy) is 4. The molecule has 0 bridgehead atoms. The molecule has 6 aromatic rings. The molecule has 1 aliphatic heterocycles. The summed E-state index contributed by atoms with van der Waals surface area (Å²) in [5.41, 5.74) is -0.389. The molecular formula is C48H55N5O8Si. The topological polar surface area (TPSA) is 156 Å². The highest BCUT2D eigenvalue weighted by molar-refractivity contribution is 6.80. The largest absolute Gasteiger partial charge is 0.455 e. The maximum Gasteiger partial charge on any atom is 0.303 e. The van der Waals surface area contributed by atoms with Crippen molar-refractivity contribution in [3.05, 3.63) is 149 Å². The second-order valence-electron chi connectivity index (χ2n) is 17.1. The molecule has 1 fully saturated rings. The van der Waals surface area contributed by atoms with Crippen LogP contribution in [0, 0.1) is 11.3 Å². The fraction of sp³-hybridized carbons (Fsp3) is 0.354. The summed E-state index contributed by atoms with van der Waals surface area (Å²) in [5.74, 6) is -1.34. The van der Waals surface area contributed by atoms with Crippen LogP contribution in [-0.2, 0) is 46.2 Å². The third kappa shape index (κ3) is 10.5. The lowest BCUT2D eigenvalue weighted by Crippen LogP contribution is -2.56. The summed E-state index contributed by atoms with van der Waals surface area (Å²) in [5, 5.41) is 4.92. The lowest BCUT2D eigenvalue weighted by atomic mass is 9.79. The molecule has 14 heteroatoms. The van der Waals surface area contributed by atoms with E-state index in [-0.39, 0.29) is 55.2 Å². The average molecular weight is 858 g/mol. The summed E-state index contributed by atoms with van der Waals surface area (Å²) in [4.78, 5) is 51.1. The van der Waals surface area contributed by atoms with Gasteiger partial charge in [-0.25, -0.2) is 4.98 Å². The number of esters is 1. The zero-order valence-electron chi connectivity index (χ0n) is 36.0. The Labute approximate surface area is 363 Å². The van der Waals surface area contributed by atoms with Gasteiger partial charge in [-0.3, -0.25) is 29.3 Å². The van der Waals surface area contributed by atoms with Crippen LogP contribution in [0.15, 0.2) is 132 Å². The lowest BCUT2D eigenvalue weighted by Gasteiger charge is -2.42. The first kappa shape index (κ1) is 44.3. The first-order valence-electron chi connectivity index (χ1n) is 21.0. The molecule has 2 N–H and O–H groups in total. The molecule has 0 spiro atoms. The van der Waals surface area contributed by atoms with Gasteiger partial charge in [0, 0.05) is 19.3 Å². The molecule has 3 heterocycles. The fourth-order valence-electron chi connectivity index (χ4n) is 7.69. The minimum atomic E-state index is -2.35. The van der Waals surface area contributed by atoms with E-state index in [9.17, 15) is 14.4 Å². The van der Waals surface area contributed by atoms with Crippen molar-refractivity contribution in [2.75, 3.05) is 11.9 Å². The number of amides is 1. The predicted molar refractivity (Wildman–Crippen MR) is 239 cm³/mol. The van der Waals surface area contributed by atoms with E-state index in [4.69, 9.17) is 23.4 Å². The van der Waals surface area contributed by atoms with Crippen LogP contribution >= 0.6 is 0 Å². The number of fused-ring (bicyclic) bond motifs is 1. The van der Waals surface area contributed by atoms with Crippen molar-refractivity contribution in [1.29, 1.82) is 0 Å². The highest BCUT2D eigenvalue weighted by Crippen LogP contribution is 2.47. The van der Waals surface area contributed by atoms with Gasteiger partial charge in [0.2, 0.25) is 20.9 Å². The van der Waals surface area contributed by atoms with Crippen LogP contribution in [0.1, 0.15) is 65.3 Å². The number of aromatic amines is 1. The number of hydrogen-bond donors (Lipinski definition) is 2. The second kappa shape index (κ2) is 19.5. The molecule has 0 aliphatic carbocycles. The standard InChI is InChI=1S/C48H55N5O8Si/c1-32(2)43(55)51-46-50-42-39(44(56)52-46)49-31-53(42)45-40(59-33(3)54)41(58-29-35-21-13-8-14-22-35)48(60-45,30-57-28-34-19-11-7-12-20-34)27-38(47(4,5)6)61-62(36-23-15-9-16-24-36)37-25-17-10-18-26-37/h7-26,31-32,38,40-41,45,62H,27-30H2,1-6H3,(H2,50,51,52,55,56)/t38?,40-,41+,45-,48-/m1/s1. The van der Waals surface area contributed by atoms with Gasteiger partial charge in [-0.05, 0) is 26.9 Å². The van der Waals surface area contributed by atoms with Gasteiger partial charge in [0.25, 0.3) is 5.56 Å². The van der Waals surface area contributed by atoms with Gasteiger partial charge < -0.3 is 23.4 Å². The first-order chi connectivity index (χ1) is 29.8. The molecule has 62 heavy (non-hydrogen) atoms.